The van der Waals surface area contributed by atoms with Crippen LogP contribution in [0.5, 0.6) is 0 Å². The Kier molecular flexibility index (Phi) is 4.99. The molecule has 0 unspecified atom stereocenters. The minimum atomic E-state index is -0.410. The SMILES string of the molecule is CCc1[nH]c(=O)ccc1C(=O)N1CCC[C@H]1C(=O)N1CCOCC1. The molecule has 24 heavy (non-hydrogen) atoms. The van der Waals surface area contributed by atoms with Crippen LogP contribution in [-0.2, 0) is 16.0 Å². The second-order valence-electron chi connectivity index (χ2n) is 6.16. The highest BCUT2D eigenvalue weighted by Gasteiger charge is 2.37. The first-order chi connectivity index (χ1) is 11.6. The summed E-state index contributed by atoms with van der Waals surface area (Å²) in [5.74, 6) is -0.168. The summed E-state index contributed by atoms with van der Waals surface area (Å²) in [6, 6.07) is 2.52. The number of carbonyl (C=O) groups is 2. The lowest BCUT2D eigenvalue weighted by atomic mass is 10.1. The van der Waals surface area contributed by atoms with Gasteiger partial charge >= 0.3 is 0 Å². The largest absolute Gasteiger partial charge is 0.378 e. The van der Waals surface area contributed by atoms with Gasteiger partial charge in [0, 0.05) is 31.4 Å². The molecule has 0 saturated carbocycles. The highest BCUT2D eigenvalue weighted by Crippen LogP contribution is 2.23. The van der Waals surface area contributed by atoms with E-state index in [0.29, 0.717) is 56.9 Å². The fraction of sp³-hybridized carbons (Fsp3) is 0.588. The maximum Gasteiger partial charge on any atom is 0.256 e. The van der Waals surface area contributed by atoms with E-state index in [1.54, 1.807) is 15.9 Å². The van der Waals surface area contributed by atoms with Crippen molar-refractivity contribution in [3.63, 3.8) is 0 Å². The summed E-state index contributed by atoms with van der Waals surface area (Å²) in [6.45, 7) is 4.72. The first-order valence-electron chi connectivity index (χ1n) is 8.51. The van der Waals surface area contributed by atoms with Gasteiger partial charge in [-0.05, 0) is 25.3 Å². The molecule has 2 aliphatic rings. The van der Waals surface area contributed by atoms with Crippen LogP contribution in [0.4, 0.5) is 0 Å². The second-order valence-corrected chi connectivity index (χ2v) is 6.16. The number of hydrogen-bond donors (Lipinski definition) is 1. The lowest BCUT2D eigenvalue weighted by Gasteiger charge is -2.32. The Bertz CT molecular complexity index is 679. The van der Waals surface area contributed by atoms with Gasteiger partial charge in [0.05, 0.1) is 18.8 Å². The topological polar surface area (TPSA) is 82.7 Å². The molecular formula is C17H23N3O4. The van der Waals surface area contributed by atoms with Gasteiger partial charge in [0.1, 0.15) is 6.04 Å². The molecule has 0 aliphatic carbocycles. The molecule has 2 fully saturated rings. The van der Waals surface area contributed by atoms with E-state index in [1.807, 2.05) is 6.92 Å². The maximum absolute atomic E-state index is 12.9. The van der Waals surface area contributed by atoms with Crippen LogP contribution < -0.4 is 5.56 Å². The number of carbonyl (C=O) groups excluding carboxylic acids is 2. The summed E-state index contributed by atoms with van der Waals surface area (Å²) >= 11 is 0. The first-order valence-corrected chi connectivity index (χ1v) is 8.51. The van der Waals surface area contributed by atoms with Crippen LogP contribution in [-0.4, -0.2) is 65.5 Å². The van der Waals surface area contributed by atoms with Gasteiger partial charge in [0.15, 0.2) is 0 Å². The van der Waals surface area contributed by atoms with Gasteiger partial charge in [-0.3, -0.25) is 14.4 Å². The van der Waals surface area contributed by atoms with Crippen molar-refractivity contribution >= 4 is 11.8 Å². The number of likely N-dealkylation sites (tertiary alicyclic amines) is 1. The summed E-state index contributed by atoms with van der Waals surface area (Å²) in [4.78, 5) is 43.4. The highest BCUT2D eigenvalue weighted by atomic mass is 16.5. The minimum absolute atomic E-state index is 0.00613. The quantitative estimate of drug-likeness (QED) is 0.868. The van der Waals surface area contributed by atoms with Gasteiger partial charge in [0.2, 0.25) is 11.5 Å². The third kappa shape index (κ3) is 3.21. The van der Waals surface area contributed by atoms with Crippen molar-refractivity contribution in [2.24, 2.45) is 0 Å². The number of aromatic amines is 1. The van der Waals surface area contributed by atoms with Crippen LogP contribution in [0.2, 0.25) is 0 Å². The summed E-state index contributed by atoms with van der Waals surface area (Å²) in [5, 5.41) is 0. The molecule has 0 bridgehead atoms. The molecule has 7 heteroatoms. The number of morpholine rings is 1. The van der Waals surface area contributed by atoms with Crippen LogP contribution in [0.25, 0.3) is 0 Å². The average Bonchev–Trinajstić information content (AvgIpc) is 3.10. The van der Waals surface area contributed by atoms with Gasteiger partial charge < -0.3 is 19.5 Å². The molecule has 1 aromatic rings. The van der Waals surface area contributed by atoms with Crippen LogP contribution in [0.3, 0.4) is 0 Å². The number of H-pyrrole nitrogens is 1. The van der Waals surface area contributed by atoms with Crippen molar-refractivity contribution in [1.29, 1.82) is 0 Å². The summed E-state index contributed by atoms with van der Waals surface area (Å²) in [6.07, 6.45) is 2.07. The Morgan fingerprint density at radius 1 is 1.25 bits per heavy atom. The number of pyridine rings is 1. The van der Waals surface area contributed by atoms with Gasteiger partial charge in [-0.15, -0.1) is 0 Å². The molecule has 0 spiro atoms. The monoisotopic (exact) mass is 333 g/mol. The fourth-order valence-electron chi connectivity index (χ4n) is 3.41. The number of hydrogen-bond acceptors (Lipinski definition) is 4. The number of aromatic nitrogens is 1. The number of amides is 2. The van der Waals surface area contributed by atoms with E-state index >= 15 is 0 Å². The summed E-state index contributed by atoms with van der Waals surface area (Å²) in [7, 11) is 0. The molecule has 3 heterocycles. The lowest BCUT2D eigenvalue weighted by Crippen LogP contribution is -2.51. The predicted molar refractivity (Wildman–Crippen MR) is 87.9 cm³/mol. The molecule has 2 saturated heterocycles. The normalized spacial score (nSPS) is 21.1. The van der Waals surface area contributed by atoms with Crippen molar-refractivity contribution in [2.75, 3.05) is 32.8 Å². The van der Waals surface area contributed by atoms with E-state index in [0.717, 1.165) is 6.42 Å². The summed E-state index contributed by atoms with van der Waals surface area (Å²) in [5.41, 5.74) is 0.890. The van der Waals surface area contributed by atoms with Crippen molar-refractivity contribution in [3.05, 3.63) is 33.7 Å². The number of ether oxygens (including phenoxy) is 1. The Hall–Kier alpha value is -2.15. The van der Waals surface area contributed by atoms with Gasteiger partial charge in [-0.25, -0.2) is 0 Å². The molecule has 1 aromatic heterocycles. The molecule has 130 valence electrons. The molecule has 7 nitrogen and oxygen atoms in total. The molecular weight excluding hydrogens is 310 g/mol. The zero-order valence-electron chi connectivity index (χ0n) is 13.9. The highest BCUT2D eigenvalue weighted by molar-refractivity contribution is 5.98. The molecule has 0 radical (unpaired) electrons. The number of rotatable bonds is 3. The fourth-order valence-corrected chi connectivity index (χ4v) is 3.41. The summed E-state index contributed by atoms with van der Waals surface area (Å²) < 4.78 is 5.29. The minimum Gasteiger partial charge on any atom is -0.378 e. The zero-order chi connectivity index (χ0) is 17.1. The van der Waals surface area contributed by atoms with Crippen molar-refractivity contribution < 1.29 is 14.3 Å². The molecule has 1 N–H and O–H groups in total. The third-order valence-electron chi connectivity index (χ3n) is 4.71. The molecule has 1 atom stereocenters. The number of aryl methyl sites for hydroxylation is 1. The van der Waals surface area contributed by atoms with Gasteiger partial charge in [-0.1, -0.05) is 6.92 Å². The van der Waals surface area contributed by atoms with Crippen molar-refractivity contribution in [3.8, 4) is 0 Å². The Morgan fingerprint density at radius 3 is 2.71 bits per heavy atom. The van der Waals surface area contributed by atoms with E-state index < -0.39 is 6.04 Å². The Labute approximate surface area is 140 Å². The van der Waals surface area contributed by atoms with Crippen LogP contribution in [0, 0.1) is 0 Å². The molecule has 2 amide bonds. The third-order valence-corrected chi connectivity index (χ3v) is 4.71. The molecule has 3 rings (SSSR count). The van der Waals surface area contributed by atoms with E-state index in [1.165, 1.54) is 6.07 Å². The molecule has 0 aromatic carbocycles. The van der Waals surface area contributed by atoms with Crippen LogP contribution in [0.1, 0.15) is 35.8 Å². The lowest BCUT2D eigenvalue weighted by molar-refractivity contribution is -0.139. The van der Waals surface area contributed by atoms with Crippen molar-refractivity contribution in [2.45, 2.75) is 32.2 Å². The van der Waals surface area contributed by atoms with Gasteiger partial charge in [-0.2, -0.15) is 0 Å². The van der Waals surface area contributed by atoms with Crippen molar-refractivity contribution in [1.82, 2.24) is 14.8 Å². The van der Waals surface area contributed by atoms with E-state index in [2.05, 4.69) is 4.98 Å². The second kappa shape index (κ2) is 7.17. The van der Waals surface area contributed by atoms with Crippen LogP contribution >= 0.6 is 0 Å². The maximum atomic E-state index is 12.9. The Balaban J connectivity index is 1.81. The average molecular weight is 333 g/mol. The Morgan fingerprint density at radius 2 is 2.00 bits per heavy atom. The number of nitrogens with one attached hydrogen (secondary N) is 1. The van der Waals surface area contributed by atoms with E-state index in [-0.39, 0.29) is 17.4 Å². The zero-order valence-corrected chi connectivity index (χ0v) is 13.9. The molecule has 2 aliphatic heterocycles. The standard InChI is InChI=1S/C17H23N3O4/c1-2-13-12(5-6-15(21)18-13)16(22)20-7-3-4-14(20)17(23)19-8-10-24-11-9-19/h5-6,14H,2-4,7-11H2,1H3,(H,18,21)/t14-/m0/s1. The van der Waals surface area contributed by atoms with Crippen LogP contribution in [0.15, 0.2) is 16.9 Å². The smallest absolute Gasteiger partial charge is 0.256 e. The van der Waals surface area contributed by atoms with Gasteiger partial charge in [0.25, 0.3) is 5.91 Å². The van der Waals surface area contributed by atoms with E-state index in [9.17, 15) is 14.4 Å². The van der Waals surface area contributed by atoms with E-state index in [4.69, 9.17) is 4.74 Å². The predicted octanol–water partition coefficient (Wildman–Crippen LogP) is 0.401. The first kappa shape index (κ1) is 16.7. The number of nitrogens with zero attached hydrogens (tertiary/aromatic N) is 2.